The van der Waals surface area contributed by atoms with Gasteiger partial charge in [-0.05, 0) is 43.7 Å². The zero-order valence-electron chi connectivity index (χ0n) is 16.3. The van der Waals surface area contributed by atoms with E-state index < -0.39 is 0 Å². The second kappa shape index (κ2) is 9.55. The van der Waals surface area contributed by atoms with Crippen molar-refractivity contribution in [1.82, 2.24) is 9.88 Å². The summed E-state index contributed by atoms with van der Waals surface area (Å²) in [7, 11) is 0. The zero-order chi connectivity index (χ0) is 19.8. The van der Waals surface area contributed by atoms with Crippen LogP contribution in [0.15, 0.2) is 72.9 Å². The average Bonchev–Trinajstić information content (AvgIpc) is 2.74. The van der Waals surface area contributed by atoms with Crippen molar-refractivity contribution in [2.45, 2.75) is 20.4 Å². The van der Waals surface area contributed by atoms with Gasteiger partial charge in [-0.25, -0.2) is 0 Å². The monoisotopic (exact) mass is 375 g/mol. The van der Waals surface area contributed by atoms with E-state index in [1.165, 1.54) is 0 Å². The third-order valence-electron chi connectivity index (χ3n) is 4.33. The number of amides is 1. The summed E-state index contributed by atoms with van der Waals surface area (Å²) in [6, 6.07) is 21.3. The zero-order valence-corrected chi connectivity index (χ0v) is 16.3. The van der Waals surface area contributed by atoms with Gasteiger partial charge in [0, 0.05) is 25.0 Å². The number of nitrogens with zero attached hydrogens (tertiary/aromatic N) is 2. The minimum absolute atomic E-state index is 0.0897. The maximum absolute atomic E-state index is 13.0. The minimum atomic E-state index is -0.0897. The first kappa shape index (κ1) is 19.4. The molecule has 1 aromatic heterocycles. The lowest BCUT2D eigenvalue weighted by Gasteiger charge is -2.21. The third kappa shape index (κ3) is 4.88. The molecule has 144 valence electrons. The maximum Gasteiger partial charge on any atom is 0.272 e. The first-order valence-electron chi connectivity index (χ1n) is 9.49. The van der Waals surface area contributed by atoms with E-state index in [9.17, 15) is 4.79 Å². The van der Waals surface area contributed by atoms with Gasteiger partial charge in [-0.1, -0.05) is 42.5 Å². The first-order chi connectivity index (χ1) is 13.7. The molecule has 0 aliphatic carbocycles. The number of pyridine rings is 1. The molecule has 0 atom stereocenters. The Morgan fingerprint density at radius 2 is 1.79 bits per heavy atom. The van der Waals surface area contributed by atoms with Gasteiger partial charge in [-0.3, -0.25) is 9.78 Å². The molecule has 0 aliphatic rings. The highest BCUT2D eigenvalue weighted by molar-refractivity contribution is 5.93. The molecule has 0 unspecified atom stereocenters. The van der Waals surface area contributed by atoms with Crippen LogP contribution in [0.3, 0.4) is 0 Å². The van der Waals surface area contributed by atoms with Crippen molar-refractivity contribution < 1.29 is 9.53 Å². The second-order valence-corrected chi connectivity index (χ2v) is 6.29. The van der Waals surface area contributed by atoms with Crippen LogP contribution in [0.4, 0.5) is 11.4 Å². The summed E-state index contributed by atoms with van der Waals surface area (Å²) in [4.78, 5) is 19.0. The fourth-order valence-corrected chi connectivity index (χ4v) is 2.93. The predicted octanol–water partition coefficient (Wildman–Crippen LogP) is 4.89. The molecule has 1 amide bonds. The number of hydrogen-bond acceptors (Lipinski definition) is 4. The summed E-state index contributed by atoms with van der Waals surface area (Å²) >= 11 is 0. The largest absolute Gasteiger partial charge is 0.492 e. The van der Waals surface area contributed by atoms with Crippen LogP contribution < -0.4 is 10.1 Å². The van der Waals surface area contributed by atoms with Crippen LogP contribution in [0.2, 0.25) is 0 Å². The molecule has 0 bridgehead atoms. The maximum atomic E-state index is 13.0. The van der Waals surface area contributed by atoms with E-state index in [1.807, 2.05) is 74.5 Å². The molecule has 2 aromatic carbocycles. The fourth-order valence-electron chi connectivity index (χ4n) is 2.93. The first-order valence-corrected chi connectivity index (χ1v) is 9.49. The van der Waals surface area contributed by atoms with E-state index in [0.717, 1.165) is 22.7 Å². The molecule has 0 radical (unpaired) electrons. The fraction of sp³-hybridized carbons (Fsp3) is 0.217. The Morgan fingerprint density at radius 3 is 2.54 bits per heavy atom. The number of rotatable bonds is 8. The van der Waals surface area contributed by atoms with E-state index >= 15 is 0 Å². The van der Waals surface area contributed by atoms with Crippen LogP contribution in [0.1, 0.15) is 29.9 Å². The smallest absolute Gasteiger partial charge is 0.272 e. The molecule has 1 heterocycles. The van der Waals surface area contributed by atoms with Crippen molar-refractivity contribution in [3.8, 4) is 5.75 Å². The third-order valence-corrected chi connectivity index (χ3v) is 4.33. The van der Waals surface area contributed by atoms with Crippen molar-refractivity contribution in [1.29, 1.82) is 0 Å². The Bertz CT molecular complexity index is 912. The summed E-state index contributed by atoms with van der Waals surface area (Å²) in [6.07, 6.45) is 1.65. The summed E-state index contributed by atoms with van der Waals surface area (Å²) in [5, 5.41) is 3.32. The summed E-state index contributed by atoms with van der Waals surface area (Å²) in [5.74, 6) is 0.682. The lowest BCUT2D eigenvalue weighted by molar-refractivity contribution is 0.0746. The van der Waals surface area contributed by atoms with Gasteiger partial charge in [0.1, 0.15) is 11.4 Å². The number of nitrogens with one attached hydrogen (secondary N) is 1. The number of aromatic nitrogens is 1. The van der Waals surface area contributed by atoms with Crippen LogP contribution in [0.5, 0.6) is 5.75 Å². The number of para-hydroxylation sites is 2. The van der Waals surface area contributed by atoms with Gasteiger partial charge in [0.05, 0.1) is 12.3 Å². The lowest BCUT2D eigenvalue weighted by Crippen LogP contribution is -2.31. The summed E-state index contributed by atoms with van der Waals surface area (Å²) in [5.41, 5.74) is 3.15. The SMILES string of the molecule is CCOc1ccccc1Nc1ccnc(C(=O)N(CC)Cc2ccccc2)c1. The van der Waals surface area contributed by atoms with Gasteiger partial charge in [-0.2, -0.15) is 0 Å². The highest BCUT2D eigenvalue weighted by Gasteiger charge is 2.16. The molecule has 0 saturated heterocycles. The van der Waals surface area contributed by atoms with E-state index in [2.05, 4.69) is 10.3 Å². The molecular formula is C23H25N3O2. The van der Waals surface area contributed by atoms with Crippen LogP contribution in [-0.2, 0) is 6.54 Å². The van der Waals surface area contributed by atoms with Crippen molar-refractivity contribution in [2.24, 2.45) is 0 Å². The lowest BCUT2D eigenvalue weighted by atomic mass is 10.2. The van der Waals surface area contributed by atoms with E-state index in [4.69, 9.17) is 4.74 Å². The quantitative estimate of drug-likeness (QED) is 0.609. The standard InChI is InChI=1S/C23H25N3O2/c1-3-26(17-18-10-6-5-7-11-18)23(27)21-16-19(14-15-24-21)25-20-12-8-9-13-22(20)28-4-2/h5-16H,3-4,17H2,1-2H3,(H,24,25). The van der Waals surface area contributed by atoms with Crippen molar-refractivity contribution in [3.05, 3.63) is 84.2 Å². The van der Waals surface area contributed by atoms with Crippen LogP contribution in [-0.4, -0.2) is 28.9 Å². The number of hydrogen-bond donors (Lipinski definition) is 1. The van der Waals surface area contributed by atoms with E-state index in [1.54, 1.807) is 17.2 Å². The van der Waals surface area contributed by atoms with Gasteiger partial charge >= 0.3 is 0 Å². The number of ether oxygens (including phenoxy) is 1. The molecule has 3 rings (SSSR count). The molecule has 5 nitrogen and oxygen atoms in total. The molecule has 0 spiro atoms. The molecule has 3 aromatic rings. The molecule has 1 N–H and O–H groups in total. The van der Waals surface area contributed by atoms with Gasteiger partial charge in [0.15, 0.2) is 0 Å². The Morgan fingerprint density at radius 1 is 1.04 bits per heavy atom. The number of anilines is 2. The van der Waals surface area contributed by atoms with Gasteiger partial charge < -0.3 is 15.0 Å². The van der Waals surface area contributed by atoms with Crippen molar-refractivity contribution in [3.63, 3.8) is 0 Å². The highest BCUT2D eigenvalue weighted by Crippen LogP contribution is 2.27. The second-order valence-electron chi connectivity index (χ2n) is 6.29. The van der Waals surface area contributed by atoms with Crippen molar-refractivity contribution in [2.75, 3.05) is 18.5 Å². The van der Waals surface area contributed by atoms with Gasteiger partial charge in [0.25, 0.3) is 5.91 Å². The van der Waals surface area contributed by atoms with E-state index in [0.29, 0.717) is 25.4 Å². The Hall–Kier alpha value is -3.34. The summed E-state index contributed by atoms with van der Waals surface area (Å²) in [6.45, 7) is 5.68. The van der Waals surface area contributed by atoms with Gasteiger partial charge in [-0.15, -0.1) is 0 Å². The molecule has 0 saturated carbocycles. The molecule has 0 aliphatic heterocycles. The minimum Gasteiger partial charge on any atom is -0.492 e. The van der Waals surface area contributed by atoms with Crippen molar-refractivity contribution >= 4 is 17.3 Å². The summed E-state index contributed by atoms with van der Waals surface area (Å²) < 4.78 is 5.66. The number of carbonyl (C=O) groups excluding carboxylic acids is 1. The average molecular weight is 375 g/mol. The van der Waals surface area contributed by atoms with Crippen LogP contribution in [0.25, 0.3) is 0 Å². The Labute approximate surface area is 166 Å². The normalized spacial score (nSPS) is 10.4. The van der Waals surface area contributed by atoms with Crippen LogP contribution in [0, 0.1) is 0 Å². The van der Waals surface area contributed by atoms with E-state index in [-0.39, 0.29) is 5.91 Å². The van der Waals surface area contributed by atoms with Gasteiger partial charge in [0.2, 0.25) is 0 Å². The number of benzene rings is 2. The Balaban J connectivity index is 1.77. The van der Waals surface area contributed by atoms with Crippen LogP contribution >= 0.6 is 0 Å². The molecule has 0 fully saturated rings. The highest BCUT2D eigenvalue weighted by atomic mass is 16.5. The predicted molar refractivity (Wildman–Crippen MR) is 112 cm³/mol. The molecule has 28 heavy (non-hydrogen) atoms. The topological polar surface area (TPSA) is 54.5 Å². The number of carbonyl (C=O) groups is 1. The molecule has 5 heteroatoms. The Kier molecular flexibility index (Phi) is 6.63. The molecular weight excluding hydrogens is 350 g/mol.